The SMILES string of the molecule is CCON=C1CCN(C)c2oc(-c3cnc(-c4cccnc4)s3)nc21. The number of anilines is 1. The summed E-state index contributed by atoms with van der Waals surface area (Å²) in [7, 11) is 1.99. The van der Waals surface area contributed by atoms with Gasteiger partial charge >= 0.3 is 0 Å². The molecular formula is C17H17N5O2S. The molecule has 3 aromatic heterocycles. The number of thiazole rings is 1. The second kappa shape index (κ2) is 6.64. The summed E-state index contributed by atoms with van der Waals surface area (Å²) >= 11 is 1.53. The lowest BCUT2D eigenvalue weighted by atomic mass is 10.1. The zero-order chi connectivity index (χ0) is 17.2. The van der Waals surface area contributed by atoms with Crippen LogP contribution in [0.1, 0.15) is 19.0 Å². The average molecular weight is 355 g/mol. The highest BCUT2D eigenvalue weighted by Gasteiger charge is 2.28. The van der Waals surface area contributed by atoms with Crippen molar-refractivity contribution in [2.45, 2.75) is 13.3 Å². The van der Waals surface area contributed by atoms with Gasteiger partial charge in [0.1, 0.15) is 22.2 Å². The number of fused-ring (bicyclic) bond motifs is 1. The third-order valence-electron chi connectivity index (χ3n) is 3.84. The molecule has 25 heavy (non-hydrogen) atoms. The molecule has 0 spiro atoms. The maximum atomic E-state index is 6.00. The molecule has 0 aliphatic carbocycles. The smallest absolute Gasteiger partial charge is 0.241 e. The van der Waals surface area contributed by atoms with Gasteiger partial charge in [-0.3, -0.25) is 4.98 Å². The summed E-state index contributed by atoms with van der Waals surface area (Å²) in [5.41, 5.74) is 2.54. The number of rotatable bonds is 4. The topological polar surface area (TPSA) is 76.6 Å². The van der Waals surface area contributed by atoms with E-state index in [0.717, 1.165) is 45.7 Å². The fourth-order valence-corrected chi connectivity index (χ4v) is 3.42. The minimum Gasteiger partial charge on any atom is -0.419 e. The highest BCUT2D eigenvalue weighted by atomic mass is 32.1. The van der Waals surface area contributed by atoms with Gasteiger partial charge in [-0.15, -0.1) is 11.3 Å². The Kier molecular flexibility index (Phi) is 4.19. The predicted molar refractivity (Wildman–Crippen MR) is 96.9 cm³/mol. The summed E-state index contributed by atoms with van der Waals surface area (Å²) < 4.78 is 6.00. The lowest BCUT2D eigenvalue weighted by molar-refractivity contribution is 0.158. The summed E-state index contributed by atoms with van der Waals surface area (Å²) in [6.45, 7) is 3.26. The molecule has 3 aromatic rings. The van der Waals surface area contributed by atoms with Crippen LogP contribution in [0.4, 0.5) is 5.88 Å². The maximum Gasteiger partial charge on any atom is 0.241 e. The number of hydrogen-bond donors (Lipinski definition) is 0. The molecule has 8 heteroatoms. The zero-order valence-corrected chi connectivity index (χ0v) is 14.8. The molecule has 0 radical (unpaired) electrons. The fraction of sp³-hybridized carbons (Fsp3) is 0.294. The fourth-order valence-electron chi connectivity index (χ4n) is 2.58. The first kappa shape index (κ1) is 15.8. The summed E-state index contributed by atoms with van der Waals surface area (Å²) in [5.74, 6) is 1.27. The van der Waals surface area contributed by atoms with Gasteiger partial charge in [-0.05, 0) is 19.1 Å². The maximum absolute atomic E-state index is 6.00. The van der Waals surface area contributed by atoms with Crippen LogP contribution in [0.15, 0.2) is 40.3 Å². The van der Waals surface area contributed by atoms with Crippen molar-refractivity contribution < 1.29 is 9.25 Å². The van der Waals surface area contributed by atoms with E-state index in [1.165, 1.54) is 11.3 Å². The van der Waals surface area contributed by atoms with Gasteiger partial charge in [-0.1, -0.05) is 5.16 Å². The molecule has 0 saturated heterocycles. The molecule has 0 N–H and O–H groups in total. The molecule has 7 nitrogen and oxygen atoms in total. The predicted octanol–water partition coefficient (Wildman–Crippen LogP) is 3.44. The lowest BCUT2D eigenvalue weighted by Gasteiger charge is -2.21. The molecule has 4 rings (SSSR count). The summed E-state index contributed by atoms with van der Waals surface area (Å²) in [5, 5.41) is 5.07. The molecule has 128 valence electrons. The van der Waals surface area contributed by atoms with Crippen LogP contribution >= 0.6 is 11.3 Å². The van der Waals surface area contributed by atoms with E-state index in [1.807, 2.05) is 31.0 Å². The van der Waals surface area contributed by atoms with Gasteiger partial charge in [0.05, 0.1) is 6.20 Å². The Morgan fingerprint density at radius 3 is 3.12 bits per heavy atom. The Morgan fingerprint density at radius 2 is 2.32 bits per heavy atom. The van der Waals surface area contributed by atoms with E-state index in [1.54, 1.807) is 18.6 Å². The molecule has 0 bridgehead atoms. The number of oxazole rings is 1. The Hall–Kier alpha value is -2.74. The molecule has 0 unspecified atom stereocenters. The Morgan fingerprint density at radius 1 is 1.40 bits per heavy atom. The van der Waals surface area contributed by atoms with Crippen LogP contribution in [0.2, 0.25) is 0 Å². The largest absolute Gasteiger partial charge is 0.419 e. The number of oxime groups is 1. The molecule has 0 aromatic carbocycles. The van der Waals surface area contributed by atoms with E-state index in [-0.39, 0.29) is 0 Å². The van der Waals surface area contributed by atoms with Crippen molar-refractivity contribution in [3.05, 3.63) is 36.4 Å². The van der Waals surface area contributed by atoms with Gasteiger partial charge < -0.3 is 14.2 Å². The van der Waals surface area contributed by atoms with E-state index in [2.05, 4.69) is 20.1 Å². The van der Waals surface area contributed by atoms with E-state index in [4.69, 9.17) is 9.25 Å². The highest BCUT2D eigenvalue weighted by Crippen LogP contribution is 2.36. The van der Waals surface area contributed by atoms with Gasteiger partial charge in [0.25, 0.3) is 0 Å². The van der Waals surface area contributed by atoms with Crippen molar-refractivity contribution in [2.24, 2.45) is 5.16 Å². The minimum absolute atomic E-state index is 0.530. The van der Waals surface area contributed by atoms with Crippen molar-refractivity contribution in [3.8, 4) is 21.3 Å². The standard InChI is InChI=1S/C17H17N5O2S/c1-3-23-21-12-6-8-22(2)17-14(12)20-15(24-17)13-10-19-16(25-13)11-5-4-7-18-9-11/h4-5,7,9-10H,3,6,8H2,1-2H3. The summed E-state index contributed by atoms with van der Waals surface area (Å²) in [6, 6.07) is 3.88. The normalized spacial score (nSPS) is 15.4. The van der Waals surface area contributed by atoms with Crippen LogP contribution in [0.3, 0.4) is 0 Å². The van der Waals surface area contributed by atoms with Gasteiger partial charge in [-0.25, -0.2) is 9.97 Å². The van der Waals surface area contributed by atoms with Crippen molar-refractivity contribution in [3.63, 3.8) is 0 Å². The van der Waals surface area contributed by atoms with Crippen molar-refractivity contribution in [2.75, 3.05) is 25.1 Å². The molecule has 1 aliphatic heterocycles. The minimum atomic E-state index is 0.530. The first-order chi connectivity index (χ1) is 12.3. The second-order valence-corrected chi connectivity index (χ2v) is 6.60. The highest BCUT2D eigenvalue weighted by molar-refractivity contribution is 7.18. The number of aromatic nitrogens is 3. The van der Waals surface area contributed by atoms with Gasteiger partial charge in [0.15, 0.2) is 5.69 Å². The van der Waals surface area contributed by atoms with Crippen molar-refractivity contribution >= 4 is 22.9 Å². The number of nitrogens with zero attached hydrogens (tertiary/aromatic N) is 5. The Labute approximate surface area is 149 Å². The van der Waals surface area contributed by atoms with E-state index in [0.29, 0.717) is 12.5 Å². The average Bonchev–Trinajstić information content (AvgIpc) is 3.30. The van der Waals surface area contributed by atoms with E-state index >= 15 is 0 Å². The van der Waals surface area contributed by atoms with E-state index < -0.39 is 0 Å². The third kappa shape index (κ3) is 3.00. The second-order valence-electron chi connectivity index (χ2n) is 5.57. The third-order valence-corrected chi connectivity index (χ3v) is 4.88. The molecule has 0 atom stereocenters. The van der Waals surface area contributed by atoms with Crippen LogP contribution in [0, 0.1) is 0 Å². The molecule has 0 saturated carbocycles. The van der Waals surface area contributed by atoms with Gasteiger partial charge in [0, 0.05) is 38.0 Å². The van der Waals surface area contributed by atoms with Crippen molar-refractivity contribution in [1.29, 1.82) is 0 Å². The summed E-state index contributed by atoms with van der Waals surface area (Å²) in [6.07, 6.45) is 6.10. The number of pyridine rings is 1. The Balaban J connectivity index is 1.70. The first-order valence-electron chi connectivity index (χ1n) is 8.04. The first-order valence-corrected chi connectivity index (χ1v) is 8.85. The van der Waals surface area contributed by atoms with Gasteiger partial charge in [0.2, 0.25) is 11.8 Å². The molecule has 4 heterocycles. The van der Waals surface area contributed by atoms with Crippen LogP contribution in [0.5, 0.6) is 0 Å². The molecule has 0 amide bonds. The quantitative estimate of drug-likeness (QED) is 0.667. The van der Waals surface area contributed by atoms with Crippen LogP contribution in [-0.4, -0.2) is 40.9 Å². The zero-order valence-electron chi connectivity index (χ0n) is 14.0. The van der Waals surface area contributed by atoms with E-state index in [9.17, 15) is 0 Å². The lowest BCUT2D eigenvalue weighted by Crippen LogP contribution is -2.28. The van der Waals surface area contributed by atoms with Gasteiger partial charge in [-0.2, -0.15) is 0 Å². The molecule has 0 fully saturated rings. The van der Waals surface area contributed by atoms with Crippen LogP contribution < -0.4 is 4.90 Å². The molecular weight excluding hydrogens is 338 g/mol. The van der Waals surface area contributed by atoms with Crippen LogP contribution in [0.25, 0.3) is 21.3 Å². The van der Waals surface area contributed by atoms with Crippen LogP contribution in [-0.2, 0) is 4.84 Å². The summed E-state index contributed by atoms with van der Waals surface area (Å²) in [4.78, 5) is 21.4. The Bertz CT molecular complexity index is 903. The van der Waals surface area contributed by atoms with Crippen molar-refractivity contribution in [1.82, 2.24) is 15.0 Å². The number of hydrogen-bond acceptors (Lipinski definition) is 8. The molecule has 1 aliphatic rings. The monoisotopic (exact) mass is 355 g/mol.